The molecule has 1 heterocycles. The van der Waals surface area contributed by atoms with Gasteiger partial charge in [-0.25, -0.2) is 0 Å². The minimum absolute atomic E-state index is 0.0183. The smallest absolute Gasteiger partial charge is 0.158 e. The summed E-state index contributed by atoms with van der Waals surface area (Å²) in [7, 11) is 0. The molecule has 2 rings (SSSR count). The molecule has 82 valence electrons. The van der Waals surface area contributed by atoms with Gasteiger partial charge in [0.05, 0.1) is 12.7 Å². The highest BCUT2D eigenvalue weighted by atomic mass is 16.7. The summed E-state index contributed by atoms with van der Waals surface area (Å²) < 4.78 is 11.4. The van der Waals surface area contributed by atoms with Crippen LogP contribution in [0.2, 0.25) is 0 Å². The summed E-state index contributed by atoms with van der Waals surface area (Å²) in [4.78, 5) is 0. The monoisotopic (exact) mass is 206 g/mol. The second-order valence-corrected chi connectivity index (χ2v) is 4.29. The van der Waals surface area contributed by atoms with E-state index >= 15 is 0 Å². The zero-order chi connectivity index (χ0) is 10.7. The van der Waals surface area contributed by atoms with Crippen molar-refractivity contribution in [3.8, 4) is 0 Å². The fraction of sp³-hybridized carbons (Fsp3) is 0.538. The van der Waals surface area contributed by atoms with E-state index in [1.54, 1.807) is 0 Å². The Bertz CT molecular complexity index is 297. The van der Waals surface area contributed by atoms with Crippen LogP contribution in [0.15, 0.2) is 30.3 Å². The summed E-state index contributed by atoms with van der Waals surface area (Å²) in [6.07, 6.45) is 1.11. The summed E-state index contributed by atoms with van der Waals surface area (Å²) in [5, 5.41) is 0. The van der Waals surface area contributed by atoms with Gasteiger partial charge in [-0.15, -0.1) is 0 Å². The molecule has 0 aliphatic carbocycles. The van der Waals surface area contributed by atoms with Crippen molar-refractivity contribution in [2.24, 2.45) is 5.92 Å². The van der Waals surface area contributed by atoms with Crippen molar-refractivity contribution in [2.75, 3.05) is 6.61 Å². The number of ether oxygens (including phenoxy) is 2. The van der Waals surface area contributed by atoms with Gasteiger partial charge in [0.2, 0.25) is 0 Å². The Balaban J connectivity index is 1.90. The van der Waals surface area contributed by atoms with Gasteiger partial charge < -0.3 is 9.47 Å². The fourth-order valence-corrected chi connectivity index (χ4v) is 1.86. The van der Waals surface area contributed by atoms with Crippen molar-refractivity contribution >= 4 is 0 Å². The molecule has 0 saturated carbocycles. The van der Waals surface area contributed by atoms with Crippen LogP contribution in [-0.2, 0) is 9.47 Å². The molecular weight excluding hydrogens is 188 g/mol. The van der Waals surface area contributed by atoms with E-state index in [4.69, 9.17) is 9.47 Å². The molecule has 0 N–H and O–H groups in total. The molecule has 1 unspecified atom stereocenters. The first-order valence-corrected chi connectivity index (χ1v) is 5.57. The van der Waals surface area contributed by atoms with E-state index in [1.165, 1.54) is 5.56 Å². The molecule has 1 aliphatic rings. The van der Waals surface area contributed by atoms with Crippen LogP contribution in [0.5, 0.6) is 0 Å². The highest BCUT2D eigenvalue weighted by molar-refractivity contribution is 5.16. The Hall–Kier alpha value is -0.860. The molecule has 1 aromatic rings. The average molecular weight is 206 g/mol. The van der Waals surface area contributed by atoms with Crippen LogP contribution in [0.1, 0.15) is 31.9 Å². The van der Waals surface area contributed by atoms with Crippen LogP contribution < -0.4 is 0 Å². The molecule has 0 radical (unpaired) electrons. The van der Waals surface area contributed by atoms with Gasteiger partial charge in [-0.05, 0) is 18.4 Å². The van der Waals surface area contributed by atoms with Crippen LogP contribution in [0.25, 0.3) is 0 Å². The van der Waals surface area contributed by atoms with Gasteiger partial charge in [0.15, 0.2) is 6.29 Å². The molecule has 1 aromatic carbocycles. The van der Waals surface area contributed by atoms with Gasteiger partial charge in [0.25, 0.3) is 0 Å². The second kappa shape index (κ2) is 4.77. The van der Waals surface area contributed by atoms with Crippen LogP contribution in [0, 0.1) is 5.92 Å². The molecule has 3 atom stereocenters. The Morgan fingerprint density at radius 3 is 2.67 bits per heavy atom. The van der Waals surface area contributed by atoms with Crippen LogP contribution >= 0.6 is 0 Å². The lowest BCUT2D eigenvalue weighted by atomic mass is 10.1. The van der Waals surface area contributed by atoms with Gasteiger partial charge >= 0.3 is 0 Å². The summed E-state index contributed by atoms with van der Waals surface area (Å²) in [6.45, 7) is 5.09. The molecule has 0 bridgehead atoms. The molecular formula is C13H18O2. The predicted molar refractivity (Wildman–Crippen MR) is 59.5 cm³/mol. The van der Waals surface area contributed by atoms with Crippen molar-refractivity contribution in [1.29, 1.82) is 0 Å². The first kappa shape index (κ1) is 10.7. The summed E-state index contributed by atoms with van der Waals surface area (Å²) in [6, 6.07) is 10.3. The molecule has 1 aliphatic heterocycles. The lowest BCUT2D eigenvalue weighted by Gasteiger charge is -2.18. The average Bonchev–Trinajstić information content (AvgIpc) is 2.65. The normalized spacial score (nSPS) is 27.9. The number of rotatable bonds is 3. The molecule has 1 saturated heterocycles. The number of hydrogen-bond acceptors (Lipinski definition) is 2. The molecule has 0 amide bonds. The van der Waals surface area contributed by atoms with Gasteiger partial charge in [-0.3, -0.25) is 0 Å². The van der Waals surface area contributed by atoms with E-state index in [9.17, 15) is 0 Å². The third-order valence-corrected chi connectivity index (χ3v) is 2.79. The molecule has 1 fully saturated rings. The Morgan fingerprint density at radius 2 is 2.07 bits per heavy atom. The second-order valence-electron chi connectivity index (χ2n) is 4.29. The minimum Gasteiger partial charge on any atom is -0.352 e. The molecule has 2 heteroatoms. The van der Waals surface area contributed by atoms with E-state index in [0.717, 1.165) is 13.0 Å². The maximum Gasteiger partial charge on any atom is 0.158 e. The Labute approximate surface area is 91.2 Å². The highest BCUT2D eigenvalue weighted by Crippen LogP contribution is 2.25. The van der Waals surface area contributed by atoms with E-state index in [-0.39, 0.29) is 12.4 Å². The van der Waals surface area contributed by atoms with Crippen LogP contribution in [0.3, 0.4) is 0 Å². The summed E-state index contributed by atoms with van der Waals surface area (Å²) in [5.74, 6) is 0.623. The quantitative estimate of drug-likeness (QED) is 0.756. The first-order valence-electron chi connectivity index (χ1n) is 5.57. The van der Waals surface area contributed by atoms with Gasteiger partial charge in [0, 0.05) is 6.42 Å². The van der Waals surface area contributed by atoms with E-state index in [1.807, 2.05) is 18.2 Å². The first-order chi connectivity index (χ1) is 7.25. The minimum atomic E-state index is -0.0183. The predicted octanol–water partition coefficient (Wildman–Crippen LogP) is 3.15. The maximum absolute atomic E-state index is 5.85. The summed E-state index contributed by atoms with van der Waals surface area (Å²) in [5.41, 5.74) is 1.21. The highest BCUT2D eigenvalue weighted by Gasteiger charge is 2.24. The zero-order valence-electron chi connectivity index (χ0n) is 9.35. The third-order valence-electron chi connectivity index (χ3n) is 2.79. The van der Waals surface area contributed by atoms with Crippen molar-refractivity contribution in [3.63, 3.8) is 0 Å². The van der Waals surface area contributed by atoms with Crippen molar-refractivity contribution < 1.29 is 9.47 Å². The topological polar surface area (TPSA) is 18.5 Å². The summed E-state index contributed by atoms with van der Waals surface area (Å²) >= 11 is 0. The van der Waals surface area contributed by atoms with Crippen molar-refractivity contribution in [1.82, 2.24) is 0 Å². The molecule has 2 nitrogen and oxygen atoms in total. The lowest BCUT2D eigenvalue weighted by Crippen LogP contribution is -2.13. The molecule has 0 aromatic heterocycles. The fourth-order valence-electron chi connectivity index (χ4n) is 1.86. The van der Waals surface area contributed by atoms with Gasteiger partial charge in [-0.2, -0.15) is 0 Å². The van der Waals surface area contributed by atoms with Gasteiger partial charge in [0.1, 0.15) is 0 Å². The molecule has 15 heavy (non-hydrogen) atoms. The van der Waals surface area contributed by atoms with Gasteiger partial charge in [-0.1, -0.05) is 37.3 Å². The van der Waals surface area contributed by atoms with E-state index in [0.29, 0.717) is 5.92 Å². The number of hydrogen-bond donors (Lipinski definition) is 0. The van der Waals surface area contributed by atoms with E-state index < -0.39 is 0 Å². The maximum atomic E-state index is 5.85. The van der Waals surface area contributed by atoms with Crippen LogP contribution in [0.4, 0.5) is 0 Å². The Kier molecular flexibility index (Phi) is 3.39. The Morgan fingerprint density at radius 1 is 1.33 bits per heavy atom. The largest absolute Gasteiger partial charge is 0.352 e. The SMILES string of the molecule is C[C@H]1COC(O[C@@H](C)c2ccccc2)C1. The van der Waals surface area contributed by atoms with Crippen molar-refractivity contribution in [3.05, 3.63) is 35.9 Å². The van der Waals surface area contributed by atoms with Crippen LogP contribution in [-0.4, -0.2) is 12.9 Å². The standard InChI is InChI=1S/C13H18O2/c1-10-8-13(14-9-10)15-11(2)12-6-4-3-5-7-12/h3-7,10-11,13H,8-9H2,1-2H3/t10-,11+,13?/m1/s1. The van der Waals surface area contributed by atoms with E-state index in [2.05, 4.69) is 26.0 Å². The third kappa shape index (κ3) is 2.80. The number of benzene rings is 1. The zero-order valence-corrected chi connectivity index (χ0v) is 9.35. The molecule has 0 spiro atoms. The van der Waals surface area contributed by atoms with Crippen molar-refractivity contribution in [2.45, 2.75) is 32.7 Å². The lowest BCUT2D eigenvalue weighted by molar-refractivity contribution is -0.140.